The van der Waals surface area contributed by atoms with Gasteiger partial charge in [0.15, 0.2) is 0 Å². The van der Waals surface area contributed by atoms with E-state index in [4.69, 9.17) is 37.3 Å². The minimum atomic E-state index is -1.75. The summed E-state index contributed by atoms with van der Waals surface area (Å²) in [4.78, 5) is 157. The van der Waals surface area contributed by atoms with Crippen molar-refractivity contribution in [2.75, 3.05) is 13.1 Å². The maximum absolute atomic E-state index is 13.8. The van der Waals surface area contributed by atoms with E-state index in [0.717, 1.165) is 19.3 Å². The molecule has 3 rings (SSSR count). The highest BCUT2D eigenvalue weighted by molar-refractivity contribution is 6.31. The van der Waals surface area contributed by atoms with E-state index in [2.05, 4.69) is 37.2 Å². The third kappa shape index (κ3) is 22.7. The first-order valence-corrected chi connectivity index (χ1v) is 25.6. The number of carbonyl (C=O) groups is 12. The molecule has 1 aliphatic heterocycles. The fraction of sp³-hybridized carbons (Fsp3) is 0.633. The maximum atomic E-state index is 13.8. The van der Waals surface area contributed by atoms with Gasteiger partial charge in [-0.1, -0.05) is 36.2 Å². The Hall–Kier alpha value is -7.25. The van der Waals surface area contributed by atoms with Gasteiger partial charge in [0.25, 0.3) is 0 Å². The quantitative estimate of drug-likeness (QED) is 0.0312. The molecule has 1 aromatic carbocycles. The molecule has 76 heavy (non-hydrogen) atoms. The number of nitrogens with one attached hydrogen (secondary N) is 7. The smallest absolute Gasteiger partial charge is 0.408 e. The summed E-state index contributed by atoms with van der Waals surface area (Å²) in [5.74, 6) is -9.70. The second-order valence-electron chi connectivity index (χ2n) is 19.6. The van der Waals surface area contributed by atoms with E-state index in [-0.39, 0.29) is 45.4 Å². The fourth-order valence-corrected chi connectivity index (χ4v) is 8.27. The molecule has 0 unspecified atom stereocenters. The molecule has 1 aromatic rings. The van der Waals surface area contributed by atoms with Gasteiger partial charge in [-0.15, -0.1) is 0 Å². The van der Waals surface area contributed by atoms with E-state index >= 15 is 0 Å². The van der Waals surface area contributed by atoms with Crippen molar-refractivity contribution in [2.24, 2.45) is 11.5 Å². The molecule has 2 fully saturated rings. The number of carboxylic acid groups (broad SMARTS) is 1. The van der Waals surface area contributed by atoms with Crippen LogP contribution in [0.25, 0.3) is 0 Å². The number of hydrogen-bond donors (Lipinski definition) is 10. The van der Waals surface area contributed by atoms with Crippen LogP contribution in [-0.4, -0.2) is 148 Å². The molecule has 0 spiro atoms. The third-order valence-corrected chi connectivity index (χ3v) is 12.4. The Morgan fingerprint density at radius 2 is 1.32 bits per heavy atom. The molecule has 1 aliphatic carbocycles. The lowest BCUT2D eigenvalue weighted by Gasteiger charge is -2.29. The van der Waals surface area contributed by atoms with Crippen LogP contribution < -0.4 is 48.7 Å². The molecular weight excluding hydrogens is 1020 g/mol. The van der Waals surface area contributed by atoms with Gasteiger partial charge < -0.3 is 72.9 Å². The van der Waals surface area contributed by atoms with E-state index in [1.165, 1.54) is 18.7 Å². The van der Waals surface area contributed by atoms with Crippen molar-refractivity contribution in [1.29, 1.82) is 0 Å². The number of ether oxygens (including phenoxy) is 3. The minimum Gasteiger partial charge on any atom is -0.480 e. The average Bonchev–Trinajstić information content (AvgIpc) is 3.83. The number of nitrogens with zero attached hydrogens (tertiary/aromatic N) is 1. The average molecular weight is 1090 g/mol. The Morgan fingerprint density at radius 3 is 1.95 bits per heavy atom. The number of carboxylic acids is 1. The Balaban J connectivity index is 1.64. The normalized spacial score (nSPS) is 16.9. The number of carbonyl (C=O) groups excluding carboxylic acids is 11. The lowest BCUT2D eigenvalue weighted by atomic mass is 9.98. The second kappa shape index (κ2) is 31.0. The summed E-state index contributed by atoms with van der Waals surface area (Å²) in [6.45, 7) is 7.36. The van der Waals surface area contributed by atoms with E-state index in [1.807, 2.05) is 0 Å². The van der Waals surface area contributed by atoms with Crippen LogP contribution in [0.3, 0.4) is 0 Å². The van der Waals surface area contributed by atoms with Crippen molar-refractivity contribution < 1.29 is 76.9 Å². The molecule has 0 aromatic heterocycles. The molecule has 10 amide bonds. The SMILES string of the molecule is C[C@H](NC(=O)[C@H](CC(=O)OC1CCCCC1)NC(=O)[C@H](CC(N)=O)NC(=O)OC(C)(C)C)C(=O)N[C@@H](CCC(N)=O)C(=O)N[C@@H](C)C(=O)N1CCC[C@H]1C(=O)N[C@@H](CCCCNC(=O)OCc1ccccc1Cl)C(=O)O. The number of aliphatic carboxylic acids is 1. The standard InChI is InChI=1S/C49H73ClN10O16/c1-27(54-42(66)35(25-39(63)75-30-15-7-6-8-16-30)58-43(67)34(24-38(52)62)59-48(73)76-49(3,4)5)40(64)56-32(20-21-37(51)61)41(65)55-28(2)45(69)60-23-13-19-36(60)44(68)57-33(46(70)71)18-11-12-22-53-47(72)74-26-29-14-9-10-17-31(29)50/h9-10,14,17,27-28,30,32-36H,6-8,11-13,15-16,18-26H2,1-5H3,(H2,51,61)(H2,52,62)(H,53,72)(H,54,66)(H,55,65)(H,56,64)(H,57,68)(H,58,67)(H,59,73)(H,70,71)/t27-,28-,32-,33-,34-,35-,36-/m0/s1. The predicted molar refractivity (Wildman–Crippen MR) is 270 cm³/mol. The lowest BCUT2D eigenvalue weighted by Crippen LogP contribution is -2.59. The largest absolute Gasteiger partial charge is 0.480 e. The lowest BCUT2D eigenvalue weighted by molar-refractivity contribution is -0.152. The summed E-state index contributed by atoms with van der Waals surface area (Å²) in [5.41, 5.74) is 10.3. The number of hydrogen-bond acceptors (Lipinski definition) is 15. The highest BCUT2D eigenvalue weighted by Crippen LogP contribution is 2.22. The van der Waals surface area contributed by atoms with Crippen molar-refractivity contribution in [2.45, 2.75) is 185 Å². The zero-order chi connectivity index (χ0) is 56.7. The molecule has 422 valence electrons. The molecule has 7 atom stereocenters. The number of alkyl carbamates (subject to hydrolysis) is 2. The topological polar surface area (TPSA) is 392 Å². The minimum absolute atomic E-state index is 0.00859. The summed E-state index contributed by atoms with van der Waals surface area (Å²) >= 11 is 6.08. The van der Waals surface area contributed by atoms with Crippen LogP contribution in [0.1, 0.15) is 130 Å². The van der Waals surface area contributed by atoms with Crippen LogP contribution in [-0.2, 0) is 68.8 Å². The fourth-order valence-electron chi connectivity index (χ4n) is 8.08. The van der Waals surface area contributed by atoms with Crippen LogP contribution in [0.4, 0.5) is 9.59 Å². The number of unbranched alkanes of at least 4 members (excludes halogenated alkanes) is 1. The van der Waals surface area contributed by atoms with E-state index in [0.29, 0.717) is 36.3 Å². The van der Waals surface area contributed by atoms with Crippen LogP contribution in [0, 0.1) is 0 Å². The van der Waals surface area contributed by atoms with Gasteiger partial charge in [0.1, 0.15) is 60.6 Å². The molecule has 1 saturated carbocycles. The summed E-state index contributed by atoms with van der Waals surface area (Å²) in [6.07, 6.45) is 0.344. The van der Waals surface area contributed by atoms with Crippen molar-refractivity contribution in [1.82, 2.24) is 42.1 Å². The highest BCUT2D eigenvalue weighted by atomic mass is 35.5. The van der Waals surface area contributed by atoms with Gasteiger partial charge >= 0.3 is 24.1 Å². The number of likely N-dealkylation sites (tertiary alicyclic amines) is 1. The van der Waals surface area contributed by atoms with Gasteiger partial charge in [-0.2, -0.15) is 0 Å². The molecule has 0 radical (unpaired) electrons. The van der Waals surface area contributed by atoms with Crippen LogP contribution in [0.5, 0.6) is 0 Å². The Kier molecular flexibility index (Phi) is 25.7. The van der Waals surface area contributed by atoms with Gasteiger partial charge in [-0.05, 0) is 105 Å². The van der Waals surface area contributed by atoms with Gasteiger partial charge in [-0.3, -0.25) is 43.2 Å². The molecular formula is C49H73ClN10O16. The van der Waals surface area contributed by atoms with E-state index in [1.54, 1.807) is 45.0 Å². The summed E-state index contributed by atoms with van der Waals surface area (Å²) in [6, 6.07) is -3.37. The number of rotatable bonds is 28. The van der Waals surface area contributed by atoms with Crippen LogP contribution in [0.15, 0.2) is 24.3 Å². The zero-order valence-electron chi connectivity index (χ0n) is 43.5. The second-order valence-corrected chi connectivity index (χ2v) is 20.0. The van der Waals surface area contributed by atoms with Crippen molar-refractivity contribution >= 4 is 83.0 Å². The summed E-state index contributed by atoms with van der Waals surface area (Å²) in [7, 11) is 0. The number of nitrogens with two attached hydrogens (primary N) is 2. The monoisotopic (exact) mass is 1090 g/mol. The van der Waals surface area contributed by atoms with Gasteiger partial charge in [0, 0.05) is 30.1 Å². The van der Waals surface area contributed by atoms with Crippen LogP contribution >= 0.6 is 11.6 Å². The number of esters is 1. The van der Waals surface area contributed by atoms with Gasteiger partial charge in [0.05, 0.1) is 12.8 Å². The van der Waals surface area contributed by atoms with Gasteiger partial charge in [-0.25, -0.2) is 14.4 Å². The number of primary amides is 2. The maximum Gasteiger partial charge on any atom is 0.408 e. The molecule has 0 bridgehead atoms. The molecule has 2 aliphatic rings. The zero-order valence-corrected chi connectivity index (χ0v) is 44.3. The Bertz CT molecular complexity index is 2260. The van der Waals surface area contributed by atoms with Crippen molar-refractivity contribution in [3.8, 4) is 0 Å². The first-order valence-electron chi connectivity index (χ1n) is 25.2. The number of halogens is 1. The molecule has 27 heteroatoms. The van der Waals surface area contributed by atoms with E-state index < -0.39 is 145 Å². The Labute approximate surface area is 445 Å². The van der Waals surface area contributed by atoms with Crippen molar-refractivity contribution in [3.05, 3.63) is 34.9 Å². The summed E-state index contributed by atoms with van der Waals surface area (Å²) in [5, 5.41) is 27.1. The molecule has 1 heterocycles. The third-order valence-electron chi connectivity index (χ3n) is 12.0. The Morgan fingerprint density at radius 1 is 0.697 bits per heavy atom. The highest BCUT2D eigenvalue weighted by Gasteiger charge is 2.39. The number of amides is 10. The number of benzene rings is 1. The summed E-state index contributed by atoms with van der Waals surface area (Å²) < 4.78 is 15.9. The van der Waals surface area contributed by atoms with Crippen LogP contribution in [0.2, 0.25) is 5.02 Å². The first kappa shape index (κ1) is 63.0. The molecule has 1 saturated heterocycles. The molecule has 26 nitrogen and oxygen atoms in total. The predicted octanol–water partition coefficient (Wildman–Crippen LogP) is 0.576. The van der Waals surface area contributed by atoms with E-state index in [9.17, 15) is 62.6 Å². The molecule has 12 N–H and O–H groups in total. The first-order chi connectivity index (χ1) is 35.7. The van der Waals surface area contributed by atoms with Gasteiger partial charge in [0.2, 0.25) is 47.3 Å². The van der Waals surface area contributed by atoms with Crippen molar-refractivity contribution in [3.63, 3.8) is 0 Å².